The molecule has 138 valence electrons. The van der Waals surface area contributed by atoms with Crippen molar-refractivity contribution in [2.45, 2.75) is 77.4 Å². The lowest BCUT2D eigenvalue weighted by molar-refractivity contribution is -0.130. The molecule has 1 aromatic rings. The summed E-state index contributed by atoms with van der Waals surface area (Å²) >= 11 is 0. The maximum absolute atomic E-state index is 13.1. The lowest BCUT2D eigenvalue weighted by Crippen LogP contribution is -2.43. The molecule has 2 aliphatic rings. The summed E-state index contributed by atoms with van der Waals surface area (Å²) in [6.07, 6.45) is 6.01. The number of aliphatic hydroxyl groups is 1. The van der Waals surface area contributed by atoms with Gasteiger partial charge in [-0.2, -0.15) is 0 Å². The Kier molecular flexibility index (Phi) is 5.10. The highest BCUT2D eigenvalue weighted by Crippen LogP contribution is 2.49. The van der Waals surface area contributed by atoms with Gasteiger partial charge in [0.05, 0.1) is 17.1 Å². The maximum atomic E-state index is 13.1. The van der Waals surface area contributed by atoms with E-state index < -0.39 is 5.60 Å². The van der Waals surface area contributed by atoms with Crippen molar-refractivity contribution in [3.63, 3.8) is 0 Å². The minimum atomic E-state index is -0.552. The summed E-state index contributed by atoms with van der Waals surface area (Å²) < 4.78 is 5.68. The van der Waals surface area contributed by atoms with Gasteiger partial charge in [0.15, 0.2) is 0 Å². The van der Waals surface area contributed by atoms with Gasteiger partial charge in [-0.15, -0.1) is 0 Å². The highest BCUT2D eigenvalue weighted by Gasteiger charge is 2.51. The van der Waals surface area contributed by atoms with Crippen LogP contribution in [-0.4, -0.2) is 29.3 Å². The third-order valence-corrected chi connectivity index (χ3v) is 5.89. The molecule has 1 heterocycles. The summed E-state index contributed by atoms with van der Waals surface area (Å²) in [6.45, 7) is 6.89. The smallest absolute Gasteiger partial charge is 0.233 e. The van der Waals surface area contributed by atoms with Gasteiger partial charge in [-0.05, 0) is 76.6 Å². The summed E-state index contributed by atoms with van der Waals surface area (Å²) in [5.74, 6) is 1.07. The van der Waals surface area contributed by atoms with Crippen LogP contribution in [0.15, 0.2) is 24.3 Å². The van der Waals surface area contributed by atoms with E-state index in [1.54, 1.807) is 0 Å². The molecule has 2 fully saturated rings. The Morgan fingerprint density at radius 1 is 1.12 bits per heavy atom. The van der Waals surface area contributed by atoms with E-state index in [-0.39, 0.29) is 17.4 Å². The van der Waals surface area contributed by atoms with Gasteiger partial charge in [-0.3, -0.25) is 4.79 Å². The van der Waals surface area contributed by atoms with E-state index in [0.717, 1.165) is 62.9 Å². The Bertz CT molecular complexity index is 600. The van der Waals surface area contributed by atoms with Crippen LogP contribution < -0.4 is 9.64 Å². The second kappa shape index (κ2) is 6.99. The Balaban J connectivity index is 1.68. The quantitative estimate of drug-likeness (QED) is 0.865. The van der Waals surface area contributed by atoms with Gasteiger partial charge < -0.3 is 14.7 Å². The van der Waals surface area contributed by atoms with Crippen LogP contribution in [0.3, 0.4) is 0 Å². The van der Waals surface area contributed by atoms with E-state index >= 15 is 0 Å². The molecule has 1 N–H and O–H groups in total. The number of anilines is 1. The van der Waals surface area contributed by atoms with Gasteiger partial charge in [0.1, 0.15) is 5.75 Å². The van der Waals surface area contributed by atoms with Gasteiger partial charge in [0.2, 0.25) is 5.91 Å². The van der Waals surface area contributed by atoms with Crippen molar-refractivity contribution < 1.29 is 14.6 Å². The molecule has 1 aliphatic carbocycles. The number of rotatable bonds is 5. The SMILES string of the molecule is CCCC1(O)CCC2(CCN(c3ccc(OC(C)C)cc3)C2=O)CC1. The Morgan fingerprint density at radius 2 is 1.76 bits per heavy atom. The van der Waals surface area contributed by atoms with Crippen molar-refractivity contribution in [2.24, 2.45) is 5.41 Å². The van der Waals surface area contributed by atoms with E-state index in [4.69, 9.17) is 4.74 Å². The number of hydrogen-bond donors (Lipinski definition) is 1. The second-order valence-corrected chi connectivity index (χ2v) is 8.12. The van der Waals surface area contributed by atoms with Crippen LogP contribution in [0.25, 0.3) is 0 Å². The molecule has 1 aliphatic heterocycles. The Morgan fingerprint density at radius 3 is 2.32 bits per heavy atom. The molecule has 0 aromatic heterocycles. The third kappa shape index (κ3) is 3.69. The number of benzene rings is 1. The molecule has 1 saturated carbocycles. The molecule has 0 radical (unpaired) electrons. The number of carbonyl (C=O) groups is 1. The molecular weight excluding hydrogens is 314 g/mol. The van der Waals surface area contributed by atoms with Gasteiger partial charge in [0.25, 0.3) is 0 Å². The minimum Gasteiger partial charge on any atom is -0.491 e. The predicted octanol–water partition coefficient (Wildman–Crippen LogP) is 4.30. The summed E-state index contributed by atoms with van der Waals surface area (Å²) in [5.41, 5.74) is 0.142. The highest BCUT2D eigenvalue weighted by molar-refractivity contribution is 6.00. The second-order valence-electron chi connectivity index (χ2n) is 8.12. The van der Waals surface area contributed by atoms with Crippen LogP contribution in [0.5, 0.6) is 5.75 Å². The third-order valence-electron chi connectivity index (χ3n) is 5.89. The molecule has 3 rings (SSSR count). The van der Waals surface area contributed by atoms with Crippen LogP contribution in [0.2, 0.25) is 0 Å². The zero-order valence-corrected chi connectivity index (χ0v) is 15.8. The molecule has 0 atom stereocenters. The normalized spacial score (nSPS) is 29.6. The average Bonchev–Trinajstić information content (AvgIpc) is 2.88. The fraction of sp³-hybridized carbons (Fsp3) is 0.667. The van der Waals surface area contributed by atoms with Crippen molar-refractivity contribution in [2.75, 3.05) is 11.4 Å². The largest absolute Gasteiger partial charge is 0.491 e. The van der Waals surface area contributed by atoms with Crippen molar-refractivity contribution in [3.8, 4) is 5.75 Å². The Labute approximate surface area is 151 Å². The van der Waals surface area contributed by atoms with Crippen molar-refractivity contribution in [1.82, 2.24) is 0 Å². The molecule has 0 bridgehead atoms. The molecule has 4 nitrogen and oxygen atoms in total. The average molecular weight is 345 g/mol. The molecule has 25 heavy (non-hydrogen) atoms. The van der Waals surface area contributed by atoms with E-state index in [2.05, 4.69) is 6.92 Å². The molecule has 1 aromatic carbocycles. The monoisotopic (exact) mass is 345 g/mol. The first kappa shape index (κ1) is 18.2. The van der Waals surface area contributed by atoms with E-state index in [1.165, 1.54) is 0 Å². The van der Waals surface area contributed by atoms with Gasteiger partial charge in [-0.25, -0.2) is 0 Å². The molecule has 1 amide bonds. The lowest BCUT2D eigenvalue weighted by atomic mass is 9.67. The first-order chi connectivity index (χ1) is 11.9. The maximum Gasteiger partial charge on any atom is 0.233 e. The molecule has 0 unspecified atom stereocenters. The molecule has 1 spiro atoms. The van der Waals surface area contributed by atoms with E-state index in [0.29, 0.717) is 0 Å². The van der Waals surface area contributed by atoms with Crippen LogP contribution in [0.1, 0.15) is 65.7 Å². The predicted molar refractivity (Wildman–Crippen MR) is 99.9 cm³/mol. The number of amides is 1. The van der Waals surface area contributed by atoms with Gasteiger partial charge >= 0.3 is 0 Å². The summed E-state index contributed by atoms with van der Waals surface area (Å²) in [6, 6.07) is 7.83. The summed E-state index contributed by atoms with van der Waals surface area (Å²) in [5, 5.41) is 10.6. The van der Waals surface area contributed by atoms with Crippen molar-refractivity contribution in [1.29, 1.82) is 0 Å². The number of ether oxygens (including phenoxy) is 1. The minimum absolute atomic E-state index is 0.145. The van der Waals surface area contributed by atoms with Crippen LogP contribution >= 0.6 is 0 Å². The number of hydrogen-bond acceptors (Lipinski definition) is 3. The zero-order valence-electron chi connectivity index (χ0n) is 15.8. The first-order valence-corrected chi connectivity index (χ1v) is 9.69. The first-order valence-electron chi connectivity index (χ1n) is 9.69. The summed E-state index contributed by atoms with van der Waals surface area (Å²) in [7, 11) is 0. The molecule has 1 saturated heterocycles. The van der Waals surface area contributed by atoms with Crippen molar-refractivity contribution >= 4 is 11.6 Å². The van der Waals surface area contributed by atoms with Crippen LogP contribution in [0.4, 0.5) is 5.69 Å². The summed E-state index contributed by atoms with van der Waals surface area (Å²) in [4.78, 5) is 15.0. The molecule has 4 heteroatoms. The number of carbonyl (C=O) groups excluding carboxylic acids is 1. The van der Waals surface area contributed by atoms with Gasteiger partial charge in [-0.1, -0.05) is 13.3 Å². The van der Waals surface area contributed by atoms with Crippen molar-refractivity contribution in [3.05, 3.63) is 24.3 Å². The fourth-order valence-electron chi connectivity index (χ4n) is 4.42. The molecular formula is C21H31NO3. The van der Waals surface area contributed by atoms with Crippen LogP contribution in [0, 0.1) is 5.41 Å². The van der Waals surface area contributed by atoms with E-state index in [9.17, 15) is 9.90 Å². The van der Waals surface area contributed by atoms with Gasteiger partial charge in [0, 0.05) is 12.2 Å². The Hall–Kier alpha value is -1.55. The lowest BCUT2D eigenvalue weighted by Gasteiger charge is -2.41. The van der Waals surface area contributed by atoms with Crippen LogP contribution in [-0.2, 0) is 4.79 Å². The highest BCUT2D eigenvalue weighted by atomic mass is 16.5. The standard InChI is InChI=1S/C21H31NO3/c1-4-9-21(24)12-10-20(11-13-21)14-15-22(19(20)23)17-5-7-18(8-6-17)25-16(2)3/h5-8,16,24H,4,9-15H2,1-3H3. The zero-order chi connectivity index (χ0) is 18.1. The van der Waals surface area contributed by atoms with E-state index in [1.807, 2.05) is 43.0 Å². The number of nitrogens with zero attached hydrogens (tertiary/aromatic N) is 1. The topological polar surface area (TPSA) is 49.8 Å². The fourth-order valence-corrected chi connectivity index (χ4v) is 4.42.